The molecule has 5 heteroatoms. The molecule has 3 heterocycles. The summed E-state index contributed by atoms with van der Waals surface area (Å²) < 4.78 is 8.88. The number of hydrogen-bond donors (Lipinski definition) is 0. The Hall–Kier alpha value is -6.85. The van der Waals surface area contributed by atoms with Crippen LogP contribution in [0, 0.1) is 0 Å². The summed E-state index contributed by atoms with van der Waals surface area (Å²) in [6.45, 7) is 0. The first-order valence-electron chi connectivity index (χ1n) is 16.7. The summed E-state index contributed by atoms with van der Waals surface area (Å²) in [5, 5.41) is 4.38. The van der Waals surface area contributed by atoms with Gasteiger partial charge in [0, 0.05) is 43.9 Å². The van der Waals surface area contributed by atoms with E-state index in [9.17, 15) is 0 Å². The van der Waals surface area contributed by atoms with Crippen LogP contribution in [0.25, 0.3) is 94.7 Å². The molecule has 0 saturated heterocycles. The van der Waals surface area contributed by atoms with E-state index in [1.54, 1.807) is 0 Å². The van der Waals surface area contributed by atoms with Crippen LogP contribution in [0.4, 0.5) is 0 Å². The number of furan rings is 1. The van der Waals surface area contributed by atoms with Crippen molar-refractivity contribution in [3.63, 3.8) is 0 Å². The topological polar surface area (TPSA) is 56.7 Å². The van der Waals surface area contributed by atoms with Gasteiger partial charge < -0.3 is 8.98 Å². The van der Waals surface area contributed by atoms with Crippen molar-refractivity contribution in [2.45, 2.75) is 0 Å². The maximum atomic E-state index is 6.52. The van der Waals surface area contributed by atoms with E-state index in [-0.39, 0.29) is 0 Å². The largest absolute Gasteiger partial charge is 0.456 e. The van der Waals surface area contributed by atoms with Gasteiger partial charge in [-0.1, -0.05) is 121 Å². The molecule has 0 bridgehead atoms. The monoisotopic (exact) mass is 640 g/mol. The van der Waals surface area contributed by atoms with E-state index in [2.05, 4.69) is 102 Å². The molecule has 50 heavy (non-hydrogen) atoms. The molecule has 0 unspecified atom stereocenters. The van der Waals surface area contributed by atoms with Crippen LogP contribution in [0.1, 0.15) is 0 Å². The summed E-state index contributed by atoms with van der Waals surface area (Å²) in [6, 6.07) is 58.7. The highest BCUT2D eigenvalue weighted by atomic mass is 16.3. The number of nitrogens with zero attached hydrogens (tertiary/aromatic N) is 4. The molecular formula is C45H28N4O. The van der Waals surface area contributed by atoms with E-state index in [1.807, 2.05) is 72.8 Å². The summed E-state index contributed by atoms with van der Waals surface area (Å²) in [6.07, 6.45) is 0. The van der Waals surface area contributed by atoms with Crippen molar-refractivity contribution in [1.29, 1.82) is 0 Å². The van der Waals surface area contributed by atoms with Crippen molar-refractivity contribution in [2.75, 3.05) is 0 Å². The highest BCUT2D eigenvalue weighted by molar-refractivity contribution is 6.17. The Bertz CT molecular complexity index is 2800. The Labute approximate surface area is 287 Å². The van der Waals surface area contributed by atoms with Crippen molar-refractivity contribution in [2.24, 2.45) is 0 Å². The molecule has 0 fully saturated rings. The fourth-order valence-corrected chi connectivity index (χ4v) is 7.05. The molecule has 0 aliphatic rings. The van der Waals surface area contributed by atoms with Gasteiger partial charge in [-0.3, -0.25) is 0 Å². The lowest BCUT2D eigenvalue weighted by atomic mass is 10.0. The third-order valence-corrected chi connectivity index (χ3v) is 9.43. The van der Waals surface area contributed by atoms with Crippen LogP contribution in [0.3, 0.4) is 0 Å². The lowest BCUT2D eigenvalue weighted by Gasteiger charge is -2.10. The standard InChI is InChI=1S/C45H28N4O/c1-4-13-29(14-5-1)32-19-12-20-34(25-32)49-39-22-11-10-21-35(39)36-28-42-38(27-40(36)49)37-26-33(23-24-41(37)50-42)45-47-43(30-15-6-2-7-16-30)46-44(48-45)31-17-8-3-9-18-31/h1-28H. The van der Waals surface area contributed by atoms with Crippen LogP contribution < -0.4 is 0 Å². The van der Waals surface area contributed by atoms with E-state index >= 15 is 0 Å². The third kappa shape index (κ3) is 4.67. The zero-order chi connectivity index (χ0) is 33.0. The van der Waals surface area contributed by atoms with Crippen molar-refractivity contribution in [3.05, 3.63) is 170 Å². The third-order valence-electron chi connectivity index (χ3n) is 9.43. The summed E-state index contributed by atoms with van der Waals surface area (Å²) in [4.78, 5) is 14.8. The lowest BCUT2D eigenvalue weighted by molar-refractivity contribution is 0.669. The summed E-state index contributed by atoms with van der Waals surface area (Å²) in [7, 11) is 0. The minimum Gasteiger partial charge on any atom is -0.456 e. The predicted octanol–water partition coefficient (Wildman–Crippen LogP) is 11.5. The molecule has 0 aliphatic carbocycles. The Morgan fingerprint density at radius 1 is 0.340 bits per heavy atom. The second kappa shape index (κ2) is 11.4. The first-order valence-corrected chi connectivity index (χ1v) is 16.7. The molecule has 0 radical (unpaired) electrons. The molecule has 3 aromatic heterocycles. The van der Waals surface area contributed by atoms with E-state index in [4.69, 9.17) is 19.4 Å². The van der Waals surface area contributed by atoms with Gasteiger partial charge in [-0.2, -0.15) is 0 Å². The van der Waals surface area contributed by atoms with Gasteiger partial charge in [0.2, 0.25) is 0 Å². The van der Waals surface area contributed by atoms with Crippen LogP contribution in [-0.2, 0) is 0 Å². The molecule has 10 aromatic rings. The van der Waals surface area contributed by atoms with Crippen molar-refractivity contribution in [3.8, 4) is 51.0 Å². The SMILES string of the molecule is c1ccc(-c2cccc(-n3c4ccccc4c4cc5oc6ccc(-c7nc(-c8ccccc8)nc(-c8ccccc8)n7)cc6c5cc43)c2)cc1. The van der Waals surface area contributed by atoms with Gasteiger partial charge >= 0.3 is 0 Å². The average Bonchev–Trinajstić information content (AvgIpc) is 3.72. The molecule has 0 saturated carbocycles. The second-order valence-electron chi connectivity index (χ2n) is 12.5. The number of fused-ring (bicyclic) bond motifs is 6. The van der Waals surface area contributed by atoms with E-state index in [0.29, 0.717) is 17.5 Å². The van der Waals surface area contributed by atoms with Crippen molar-refractivity contribution >= 4 is 43.7 Å². The highest BCUT2D eigenvalue weighted by Crippen LogP contribution is 2.40. The average molecular weight is 641 g/mol. The van der Waals surface area contributed by atoms with Gasteiger partial charge in [0.05, 0.1) is 11.0 Å². The van der Waals surface area contributed by atoms with Crippen LogP contribution in [0.2, 0.25) is 0 Å². The number of aromatic nitrogens is 4. The predicted molar refractivity (Wildman–Crippen MR) is 203 cm³/mol. The Morgan fingerprint density at radius 3 is 1.62 bits per heavy atom. The summed E-state index contributed by atoms with van der Waals surface area (Å²) in [5.74, 6) is 1.88. The van der Waals surface area contributed by atoms with Gasteiger partial charge in [0.25, 0.3) is 0 Å². The quantitative estimate of drug-likeness (QED) is 0.188. The molecular weight excluding hydrogens is 613 g/mol. The van der Waals surface area contributed by atoms with Gasteiger partial charge in [-0.15, -0.1) is 0 Å². The highest BCUT2D eigenvalue weighted by Gasteiger charge is 2.18. The molecule has 5 nitrogen and oxygen atoms in total. The van der Waals surface area contributed by atoms with Crippen LogP contribution >= 0.6 is 0 Å². The fourth-order valence-electron chi connectivity index (χ4n) is 7.05. The molecule has 0 N–H and O–H groups in total. The Morgan fingerprint density at radius 2 is 0.920 bits per heavy atom. The molecule has 0 spiro atoms. The summed E-state index contributed by atoms with van der Waals surface area (Å²) in [5.41, 5.74) is 10.2. The van der Waals surface area contributed by atoms with E-state index in [0.717, 1.165) is 60.7 Å². The minimum absolute atomic E-state index is 0.613. The zero-order valence-corrected chi connectivity index (χ0v) is 26.9. The van der Waals surface area contributed by atoms with Crippen LogP contribution in [0.15, 0.2) is 174 Å². The molecule has 234 valence electrons. The Balaban J connectivity index is 1.18. The smallest absolute Gasteiger partial charge is 0.164 e. The normalized spacial score (nSPS) is 11.6. The molecule has 0 aliphatic heterocycles. The maximum Gasteiger partial charge on any atom is 0.164 e. The number of para-hydroxylation sites is 1. The van der Waals surface area contributed by atoms with Gasteiger partial charge in [-0.05, 0) is 59.7 Å². The van der Waals surface area contributed by atoms with Crippen LogP contribution in [0.5, 0.6) is 0 Å². The molecule has 7 aromatic carbocycles. The van der Waals surface area contributed by atoms with Crippen LogP contribution in [-0.4, -0.2) is 19.5 Å². The number of hydrogen-bond acceptors (Lipinski definition) is 4. The minimum atomic E-state index is 0.613. The second-order valence-corrected chi connectivity index (χ2v) is 12.5. The number of rotatable bonds is 5. The van der Waals surface area contributed by atoms with E-state index in [1.165, 1.54) is 16.5 Å². The van der Waals surface area contributed by atoms with Crippen molar-refractivity contribution < 1.29 is 4.42 Å². The van der Waals surface area contributed by atoms with Gasteiger partial charge in [0.15, 0.2) is 17.5 Å². The maximum absolute atomic E-state index is 6.52. The lowest BCUT2D eigenvalue weighted by Crippen LogP contribution is -2.00. The van der Waals surface area contributed by atoms with Gasteiger partial charge in [-0.25, -0.2) is 15.0 Å². The summed E-state index contributed by atoms with van der Waals surface area (Å²) >= 11 is 0. The Kier molecular flexibility index (Phi) is 6.42. The fraction of sp³-hybridized carbons (Fsp3) is 0. The number of benzene rings is 7. The van der Waals surface area contributed by atoms with Crippen molar-refractivity contribution in [1.82, 2.24) is 19.5 Å². The first kappa shape index (κ1) is 28.2. The first-order chi connectivity index (χ1) is 24.8. The molecule has 0 atom stereocenters. The molecule has 0 amide bonds. The van der Waals surface area contributed by atoms with Gasteiger partial charge in [0.1, 0.15) is 11.2 Å². The zero-order valence-electron chi connectivity index (χ0n) is 26.9. The van der Waals surface area contributed by atoms with E-state index < -0.39 is 0 Å². The molecule has 10 rings (SSSR count).